The molecular weight excluding hydrogens is 212 g/mol. The van der Waals surface area contributed by atoms with E-state index in [1.54, 1.807) is 6.07 Å². The lowest BCUT2D eigenvalue weighted by molar-refractivity contribution is 0.617. The van der Waals surface area contributed by atoms with Crippen molar-refractivity contribution in [1.82, 2.24) is 4.98 Å². The molecule has 1 aliphatic rings. The van der Waals surface area contributed by atoms with Crippen molar-refractivity contribution >= 4 is 11.5 Å². The van der Waals surface area contributed by atoms with Gasteiger partial charge in [0.25, 0.3) is 0 Å². The van der Waals surface area contributed by atoms with Gasteiger partial charge in [0.1, 0.15) is 11.9 Å². The standard InChI is InChI=1S/C13H18N4/c14-9-12-11(15)7-8-13(17-12)16-10-5-3-1-2-4-6-10/h7-8,10H,1-6,15H2,(H,16,17). The first-order chi connectivity index (χ1) is 8.29. The van der Waals surface area contributed by atoms with Crippen LogP contribution < -0.4 is 11.1 Å². The number of nitrogens with zero attached hydrogens (tertiary/aromatic N) is 2. The van der Waals surface area contributed by atoms with Gasteiger partial charge in [0.15, 0.2) is 5.69 Å². The van der Waals surface area contributed by atoms with Crippen LogP contribution in [0.5, 0.6) is 0 Å². The Labute approximate surface area is 102 Å². The third-order valence-electron chi connectivity index (χ3n) is 3.24. The SMILES string of the molecule is N#Cc1nc(NC2CCCCCC2)ccc1N. The van der Waals surface area contributed by atoms with Gasteiger partial charge in [-0.2, -0.15) is 5.26 Å². The predicted octanol–water partition coefficient (Wildman–Crippen LogP) is 2.67. The monoisotopic (exact) mass is 230 g/mol. The number of pyridine rings is 1. The van der Waals surface area contributed by atoms with Crippen molar-refractivity contribution in [2.75, 3.05) is 11.1 Å². The first-order valence-corrected chi connectivity index (χ1v) is 6.23. The fourth-order valence-corrected chi connectivity index (χ4v) is 2.27. The highest BCUT2D eigenvalue weighted by molar-refractivity contribution is 5.54. The predicted molar refractivity (Wildman–Crippen MR) is 68.5 cm³/mol. The Bertz CT molecular complexity index is 414. The van der Waals surface area contributed by atoms with E-state index in [1.807, 2.05) is 12.1 Å². The number of nitrogens with two attached hydrogens (primary N) is 1. The summed E-state index contributed by atoms with van der Waals surface area (Å²) < 4.78 is 0. The maximum Gasteiger partial charge on any atom is 0.165 e. The van der Waals surface area contributed by atoms with Crippen molar-refractivity contribution in [2.24, 2.45) is 0 Å². The minimum absolute atomic E-state index is 0.309. The van der Waals surface area contributed by atoms with Crippen LogP contribution in [0.4, 0.5) is 11.5 Å². The molecule has 0 aromatic carbocycles. The Morgan fingerprint density at radius 3 is 2.59 bits per heavy atom. The molecule has 0 radical (unpaired) electrons. The fourth-order valence-electron chi connectivity index (χ4n) is 2.27. The van der Waals surface area contributed by atoms with Gasteiger partial charge in [-0.15, -0.1) is 0 Å². The molecule has 1 saturated carbocycles. The molecule has 3 N–H and O–H groups in total. The van der Waals surface area contributed by atoms with Crippen LogP contribution in [0.1, 0.15) is 44.2 Å². The van der Waals surface area contributed by atoms with Gasteiger partial charge in [0.2, 0.25) is 0 Å². The summed E-state index contributed by atoms with van der Waals surface area (Å²) in [6.45, 7) is 0. The summed E-state index contributed by atoms with van der Waals surface area (Å²) in [4.78, 5) is 4.22. The van der Waals surface area contributed by atoms with Gasteiger partial charge in [-0.25, -0.2) is 4.98 Å². The molecule has 1 aromatic rings. The van der Waals surface area contributed by atoms with E-state index in [2.05, 4.69) is 10.3 Å². The zero-order valence-electron chi connectivity index (χ0n) is 9.95. The van der Waals surface area contributed by atoms with E-state index in [4.69, 9.17) is 11.0 Å². The molecule has 4 heteroatoms. The molecule has 0 unspecified atom stereocenters. The third-order valence-corrected chi connectivity index (χ3v) is 3.24. The zero-order valence-corrected chi connectivity index (χ0v) is 9.95. The minimum Gasteiger partial charge on any atom is -0.396 e. The van der Waals surface area contributed by atoms with Crippen LogP contribution in [0.15, 0.2) is 12.1 Å². The van der Waals surface area contributed by atoms with Crippen LogP contribution in [0.2, 0.25) is 0 Å². The first kappa shape index (κ1) is 11.7. The van der Waals surface area contributed by atoms with Crippen LogP contribution >= 0.6 is 0 Å². The van der Waals surface area contributed by atoms with E-state index >= 15 is 0 Å². The molecule has 2 rings (SSSR count). The highest BCUT2D eigenvalue weighted by Crippen LogP contribution is 2.21. The van der Waals surface area contributed by atoms with Gasteiger partial charge in [0.05, 0.1) is 5.69 Å². The Morgan fingerprint density at radius 2 is 1.94 bits per heavy atom. The number of aromatic nitrogens is 1. The van der Waals surface area contributed by atoms with E-state index < -0.39 is 0 Å². The third kappa shape index (κ3) is 3.10. The van der Waals surface area contributed by atoms with Gasteiger partial charge in [0, 0.05) is 6.04 Å². The first-order valence-electron chi connectivity index (χ1n) is 6.23. The van der Waals surface area contributed by atoms with Crippen LogP contribution in [0, 0.1) is 11.3 Å². The smallest absolute Gasteiger partial charge is 0.165 e. The molecule has 4 nitrogen and oxygen atoms in total. The molecule has 0 aliphatic heterocycles. The number of hydrogen-bond acceptors (Lipinski definition) is 4. The molecule has 0 saturated heterocycles. The average Bonchev–Trinajstić information content (AvgIpc) is 2.60. The van der Waals surface area contributed by atoms with Gasteiger partial charge in [-0.05, 0) is 25.0 Å². The Kier molecular flexibility index (Phi) is 3.81. The minimum atomic E-state index is 0.309. The van der Waals surface area contributed by atoms with Crippen molar-refractivity contribution in [3.8, 4) is 6.07 Å². The van der Waals surface area contributed by atoms with Crippen LogP contribution in [0.25, 0.3) is 0 Å². The molecule has 1 aliphatic carbocycles. The summed E-state index contributed by atoms with van der Waals surface area (Å²) in [5.74, 6) is 0.766. The van der Waals surface area contributed by atoms with Crippen LogP contribution in [-0.2, 0) is 0 Å². The maximum absolute atomic E-state index is 8.87. The summed E-state index contributed by atoms with van der Waals surface area (Å²) >= 11 is 0. The summed E-state index contributed by atoms with van der Waals surface area (Å²) in [7, 11) is 0. The Hall–Kier alpha value is -1.76. The van der Waals surface area contributed by atoms with Gasteiger partial charge in [-0.3, -0.25) is 0 Å². The Morgan fingerprint density at radius 1 is 1.24 bits per heavy atom. The van der Waals surface area contributed by atoms with Crippen molar-refractivity contribution in [1.29, 1.82) is 5.26 Å². The lowest BCUT2D eigenvalue weighted by atomic mass is 10.1. The highest BCUT2D eigenvalue weighted by atomic mass is 15.0. The molecule has 1 heterocycles. The van der Waals surface area contributed by atoms with Gasteiger partial charge in [-0.1, -0.05) is 25.7 Å². The number of nitrogen functional groups attached to an aromatic ring is 1. The second kappa shape index (κ2) is 5.53. The molecule has 90 valence electrons. The summed E-state index contributed by atoms with van der Waals surface area (Å²) in [5.41, 5.74) is 6.40. The van der Waals surface area contributed by atoms with E-state index in [9.17, 15) is 0 Å². The zero-order chi connectivity index (χ0) is 12.1. The van der Waals surface area contributed by atoms with Gasteiger partial charge < -0.3 is 11.1 Å². The van der Waals surface area contributed by atoms with E-state index in [-0.39, 0.29) is 0 Å². The number of nitrogens with one attached hydrogen (secondary N) is 1. The molecule has 17 heavy (non-hydrogen) atoms. The van der Waals surface area contributed by atoms with Crippen molar-refractivity contribution in [2.45, 2.75) is 44.6 Å². The lowest BCUT2D eigenvalue weighted by Gasteiger charge is -2.17. The second-order valence-corrected chi connectivity index (χ2v) is 4.58. The summed E-state index contributed by atoms with van der Waals surface area (Å²) in [5, 5.41) is 12.3. The number of anilines is 2. The normalized spacial score (nSPS) is 17.1. The quantitative estimate of drug-likeness (QED) is 0.766. The van der Waals surface area contributed by atoms with E-state index in [0.29, 0.717) is 17.4 Å². The Balaban J connectivity index is 2.05. The molecule has 1 aromatic heterocycles. The maximum atomic E-state index is 8.87. The second-order valence-electron chi connectivity index (χ2n) is 4.58. The van der Waals surface area contributed by atoms with Crippen molar-refractivity contribution in [3.05, 3.63) is 17.8 Å². The van der Waals surface area contributed by atoms with Crippen LogP contribution in [0.3, 0.4) is 0 Å². The molecule has 0 spiro atoms. The molecular formula is C13H18N4. The fraction of sp³-hybridized carbons (Fsp3) is 0.538. The topological polar surface area (TPSA) is 74.7 Å². The number of nitriles is 1. The van der Waals surface area contributed by atoms with Crippen molar-refractivity contribution < 1.29 is 0 Å². The van der Waals surface area contributed by atoms with E-state index in [1.165, 1.54) is 38.5 Å². The molecule has 1 fully saturated rings. The largest absolute Gasteiger partial charge is 0.396 e. The summed E-state index contributed by atoms with van der Waals surface area (Å²) in [6, 6.07) is 6.08. The number of hydrogen-bond donors (Lipinski definition) is 2. The van der Waals surface area contributed by atoms with E-state index in [0.717, 1.165) is 5.82 Å². The molecule has 0 atom stereocenters. The number of rotatable bonds is 2. The highest BCUT2D eigenvalue weighted by Gasteiger charge is 2.12. The van der Waals surface area contributed by atoms with Crippen molar-refractivity contribution in [3.63, 3.8) is 0 Å². The van der Waals surface area contributed by atoms with Crippen LogP contribution in [-0.4, -0.2) is 11.0 Å². The summed E-state index contributed by atoms with van der Waals surface area (Å²) in [6.07, 6.45) is 7.59. The molecule has 0 bridgehead atoms. The van der Waals surface area contributed by atoms with Gasteiger partial charge >= 0.3 is 0 Å². The lowest BCUT2D eigenvalue weighted by Crippen LogP contribution is -2.19. The average molecular weight is 230 g/mol. The molecule has 0 amide bonds.